The molecule has 0 aliphatic rings. The summed E-state index contributed by atoms with van der Waals surface area (Å²) >= 11 is 0. The molecule has 26 heavy (non-hydrogen) atoms. The molecule has 0 heterocycles. The lowest BCUT2D eigenvalue weighted by Crippen LogP contribution is -2.52. The molecule has 0 aromatic heterocycles. The highest BCUT2D eigenvalue weighted by atomic mass is 16.5. The maximum atomic E-state index is 12.6. The first kappa shape index (κ1) is 21.7. The van der Waals surface area contributed by atoms with E-state index >= 15 is 0 Å². The molecule has 0 bridgehead atoms. The maximum absolute atomic E-state index is 12.6. The summed E-state index contributed by atoms with van der Waals surface area (Å²) in [5.41, 5.74) is 1.08. The zero-order chi connectivity index (χ0) is 19.5. The Kier molecular flexibility index (Phi) is 9.41. The summed E-state index contributed by atoms with van der Waals surface area (Å²) in [5, 5.41) is 5.41. The van der Waals surface area contributed by atoms with Gasteiger partial charge in [0.2, 0.25) is 11.8 Å². The van der Waals surface area contributed by atoms with Crippen LogP contribution in [0.3, 0.4) is 0 Å². The van der Waals surface area contributed by atoms with Gasteiger partial charge in [0.25, 0.3) is 0 Å². The molecule has 0 saturated carbocycles. The molecule has 6 heteroatoms. The van der Waals surface area contributed by atoms with Crippen molar-refractivity contribution in [2.75, 3.05) is 6.61 Å². The third-order valence-electron chi connectivity index (χ3n) is 3.85. The van der Waals surface area contributed by atoms with Crippen molar-refractivity contribution in [2.45, 2.75) is 59.0 Å². The van der Waals surface area contributed by atoms with Crippen molar-refractivity contribution in [3.05, 3.63) is 35.9 Å². The highest BCUT2D eigenvalue weighted by Gasteiger charge is 2.27. The lowest BCUT2D eigenvalue weighted by Gasteiger charge is -2.23. The Balaban J connectivity index is 2.79. The zero-order valence-corrected chi connectivity index (χ0v) is 16.1. The van der Waals surface area contributed by atoms with Crippen molar-refractivity contribution >= 4 is 17.8 Å². The summed E-state index contributed by atoms with van der Waals surface area (Å²) in [4.78, 5) is 36.2. The van der Waals surface area contributed by atoms with Gasteiger partial charge in [0, 0.05) is 6.92 Å². The molecule has 0 aliphatic heterocycles. The van der Waals surface area contributed by atoms with E-state index in [2.05, 4.69) is 10.6 Å². The quantitative estimate of drug-likeness (QED) is 0.625. The van der Waals surface area contributed by atoms with E-state index in [4.69, 9.17) is 4.74 Å². The van der Waals surface area contributed by atoms with Crippen LogP contribution in [-0.2, 0) is 25.5 Å². The molecule has 0 saturated heterocycles. The van der Waals surface area contributed by atoms with E-state index in [9.17, 15) is 14.4 Å². The van der Waals surface area contributed by atoms with Crippen LogP contribution in [0.15, 0.2) is 30.3 Å². The number of nitrogens with one attached hydrogen (secondary N) is 2. The fraction of sp³-hybridized carbons (Fsp3) is 0.550. The Morgan fingerprint density at radius 1 is 1.04 bits per heavy atom. The third-order valence-corrected chi connectivity index (χ3v) is 3.85. The average Bonchev–Trinajstić information content (AvgIpc) is 2.58. The van der Waals surface area contributed by atoms with Gasteiger partial charge in [0.05, 0.1) is 6.61 Å². The molecule has 0 radical (unpaired) electrons. The number of rotatable bonds is 10. The molecule has 2 N–H and O–H groups in total. The summed E-state index contributed by atoms with van der Waals surface area (Å²) in [7, 11) is 0. The molecule has 0 spiro atoms. The summed E-state index contributed by atoms with van der Waals surface area (Å²) in [6, 6.07) is 8.34. The number of benzene rings is 1. The van der Waals surface area contributed by atoms with Crippen LogP contribution >= 0.6 is 0 Å². The second-order valence-electron chi connectivity index (χ2n) is 6.72. The smallest absolute Gasteiger partial charge is 0.328 e. The normalized spacial score (nSPS) is 13.0. The maximum Gasteiger partial charge on any atom is 0.328 e. The molecule has 6 nitrogen and oxygen atoms in total. The minimum Gasteiger partial charge on any atom is -0.464 e. The van der Waals surface area contributed by atoms with Crippen LogP contribution in [-0.4, -0.2) is 36.5 Å². The van der Waals surface area contributed by atoms with Gasteiger partial charge in [-0.1, -0.05) is 44.2 Å². The number of aryl methyl sites for hydroxylation is 1. The lowest BCUT2D eigenvalue weighted by molar-refractivity contribution is -0.147. The number of ether oxygens (including phenoxy) is 1. The number of carbonyl (C=O) groups is 3. The molecule has 2 atom stereocenters. The van der Waals surface area contributed by atoms with Gasteiger partial charge >= 0.3 is 5.97 Å². The summed E-state index contributed by atoms with van der Waals surface area (Å²) < 4.78 is 5.09. The highest BCUT2D eigenvalue weighted by molar-refractivity contribution is 5.90. The monoisotopic (exact) mass is 362 g/mol. The van der Waals surface area contributed by atoms with Crippen LogP contribution < -0.4 is 10.6 Å². The molecule has 1 rings (SSSR count). The Morgan fingerprint density at radius 3 is 2.23 bits per heavy atom. The molecule has 1 aromatic carbocycles. The van der Waals surface area contributed by atoms with Gasteiger partial charge in [-0.2, -0.15) is 0 Å². The van der Waals surface area contributed by atoms with E-state index < -0.39 is 18.1 Å². The van der Waals surface area contributed by atoms with E-state index in [-0.39, 0.29) is 24.3 Å². The van der Waals surface area contributed by atoms with Crippen molar-refractivity contribution < 1.29 is 19.1 Å². The summed E-state index contributed by atoms with van der Waals surface area (Å²) in [5.74, 6) is -0.867. The van der Waals surface area contributed by atoms with Gasteiger partial charge in [-0.05, 0) is 37.7 Å². The van der Waals surface area contributed by atoms with Crippen LogP contribution in [0.4, 0.5) is 0 Å². The SMILES string of the molecule is CCOC(=O)[C@H](CCc1ccccc1)NC(=O)[C@H](CC(C)C)NC(C)=O. The largest absolute Gasteiger partial charge is 0.464 e. The van der Waals surface area contributed by atoms with Crippen LogP contribution in [0, 0.1) is 5.92 Å². The first-order valence-corrected chi connectivity index (χ1v) is 9.11. The van der Waals surface area contributed by atoms with E-state index in [1.54, 1.807) is 6.92 Å². The first-order valence-electron chi connectivity index (χ1n) is 9.11. The number of hydrogen-bond acceptors (Lipinski definition) is 4. The molecule has 0 aliphatic carbocycles. The molecule has 0 fully saturated rings. The van der Waals surface area contributed by atoms with Gasteiger partial charge in [-0.3, -0.25) is 9.59 Å². The minimum atomic E-state index is -0.744. The van der Waals surface area contributed by atoms with Gasteiger partial charge in [0.15, 0.2) is 0 Å². The topological polar surface area (TPSA) is 84.5 Å². The van der Waals surface area contributed by atoms with Crippen molar-refractivity contribution in [1.29, 1.82) is 0 Å². The number of hydrogen-bond donors (Lipinski definition) is 2. The summed E-state index contributed by atoms with van der Waals surface area (Å²) in [6.45, 7) is 7.30. The predicted octanol–water partition coefficient (Wildman–Crippen LogP) is 2.22. The van der Waals surface area contributed by atoms with Gasteiger partial charge in [-0.25, -0.2) is 4.79 Å². The number of amides is 2. The second-order valence-corrected chi connectivity index (χ2v) is 6.72. The first-order chi connectivity index (χ1) is 12.3. The van der Waals surface area contributed by atoms with E-state index in [1.807, 2.05) is 44.2 Å². The van der Waals surface area contributed by atoms with E-state index in [0.29, 0.717) is 19.3 Å². The average molecular weight is 362 g/mol. The molecular formula is C20H30N2O4. The zero-order valence-electron chi connectivity index (χ0n) is 16.1. The van der Waals surface area contributed by atoms with E-state index in [1.165, 1.54) is 6.92 Å². The van der Waals surface area contributed by atoms with Gasteiger partial charge in [-0.15, -0.1) is 0 Å². The van der Waals surface area contributed by atoms with Crippen LogP contribution in [0.5, 0.6) is 0 Å². The molecule has 1 aromatic rings. The Hall–Kier alpha value is -2.37. The van der Waals surface area contributed by atoms with Crippen molar-refractivity contribution in [3.63, 3.8) is 0 Å². The van der Waals surface area contributed by atoms with E-state index in [0.717, 1.165) is 5.56 Å². The fourth-order valence-electron chi connectivity index (χ4n) is 2.67. The fourth-order valence-corrected chi connectivity index (χ4v) is 2.67. The third kappa shape index (κ3) is 8.14. The Labute approximate surface area is 155 Å². The molecule has 2 amide bonds. The molecular weight excluding hydrogens is 332 g/mol. The van der Waals surface area contributed by atoms with Crippen molar-refractivity contribution in [1.82, 2.24) is 10.6 Å². The Bertz CT molecular complexity index is 587. The molecule has 144 valence electrons. The number of carbonyl (C=O) groups excluding carboxylic acids is 3. The van der Waals surface area contributed by atoms with Crippen LogP contribution in [0.2, 0.25) is 0 Å². The van der Waals surface area contributed by atoms with Gasteiger partial charge < -0.3 is 15.4 Å². The highest BCUT2D eigenvalue weighted by Crippen LogP contribution is 2.09. The van der Waals surface area contributed by atoms with Gasteiger partial charge in [0.1, 0.15) is 12.1 Å². The lowest BCUT2D eigenvalue weighted by atomic mass is 10.0. The number of esters is 1. The Morgan fingerprint density at radius 2 is 1.69 bits per heavy atom. The minimum absolute atomic E-state index is 0.225. The van der Waals surface area contributed by atoms with Crippen LogP contribution in [0.1, 0.15) is 46.1 Å². The van der Waals surface area contributed by atoms with Crippen LogP contribution in [0.25, 0.3) is 0 Å². The predicted molar refractivity (Wildman–Crippen MR) is 100 cm³/mol. The second kappa shape index (κ2) is 11.3. The summed E-state index contributed by atoms with van der Waals surface area (Å²) in [6.07, 6.45) is 1.57. The van der Waals surface area contributed by atoms with Crippen molar-refractivity contribution in [2.24, 2.45) is 5.92 Å². The molecule has 0 unspecified atom stereocenters. The standard InChI is InChI=1S/C20H30N2O4/c1-5-26-20(25)17(12-11-16-9-7-6-8-10-16)22-19(24)18(13-14(2)3)21-15(4)23/h6-10,14,17-18H,5,11-13H2,1-4H3,(H,21,23)(H,22,24)/t17-,18-/m0/s1. The van der Waals surface area contributed by atoms with Crippen molar-refractivity contribution in [3.8, 4) is 0 Å².